The third-order valence-electron chi connectivity index (χ3n) is 11.9. The van der Waals surface area contributed by atoms with Crippen LogP contribution in [0.5, 0.6) is 11.5 Å². The SMILES string of the molecule is COC[C@H]1CC(c2ncc(-c3cc4c5c(c3)OCc3cc(-c6cnc([C@@H]7C[C@H](C)CN7C(=O)[C@H](NC(=O)OC)c7ccccc7)[nH]6)cc(c3-5)OC4)[nH]2)N(C(=O)OC(C)(C)C)C1. The van der Waals surface area contributed by atoms with Crippen LogP contribution in [0, 0.1) is 11.8 Å². The molecule has 0 aliphatic carbocycles. The summed E-state index contributed by atoms with van der Waals surface area (Å²) in [5.41, 5.74) is 7.47. The number of aromatic amines is 2. The molecule has 9 rings (SSSR count). The first kappa shape index (κ1) is 40.1. The van der Waals surface area contributed by atoms with Crippen molar-refractivity contribution in [2.75, 3.05) is 33.9 Å². The first-order chi connectivity index (χ1) is 29.4. The molecule has 0 bridgehead atoms. The number of nitrogens with zero attached hydrogens (tertiary/aromatic N) is 4. The van der Waals surface area contributed by atoms with E-state index >= 15 is 0 Å². The molecule has 2 aromatic heterocycles. The minimum Gasteiger partial charge on any atom is -0.488 e. The van der Waals surface area contributed by atoms with Crippen molar-refractivity contribution in [2.45, 2.75) is 77.5 Å². The average molecular weight is 830 g/mol. The van der Waals surface area contributed by atoms with Crippen LogP contribution in [-0.4, -0.2) is 87.3 Å². The monoisotopic (exact) mass is 829 g/mol. The molecule has 3 N–H and O–H groups in total. The predicted molar refractivity (Wildman–Crippen MR) is 224 cm³/mol. The van der Waals surface area contributed by atoms with Crippen molar-refractivity contribution in [1.82, 2.24) is 35.1 Å². The molecule has 4 aliphatic rings. The van der Waals surface area contributed by atoms with Crippen LogP contribution in [0.3, 0.4) is 0 Å². The number of likely N-dealkylation sites (tertiary alicyclic amines) is 2. The summed E-state index contributed by atoms with van der Waals surface area (Å²) in [6, 6.07) is 16.0. The number of H-pyrrole nitrogens is 2. The van der Waals surface area contributed by atoms with Gasteiger partial charge in [0.25, 0.3) is 5.91 Å². The first-order valence-electron chi connectivity index (χ1n) is 20.8. The van der Waals surface area contributed by atoms with Crippen LogP contribution in [0.4, 0.5) is 9.59 Å². The largest absolute Gasteiger partial charge is 0.488 e. The Bertz CT molecular complexity index is 2420. The molecule has 5 aromatic rings. The summed E-state index contributed by atoms with van der Waals surface area (Å²) in [5, 5.41) is 2.74. The molecule has 2 fully saturated rings. The number of carbonyl (C=O) groups is 3. The molecule has 318 valence electrons. The van der Waals surface area contributed by atoms with E-state index in [1.54, 1.807) is 29.3 Å². The lowest BCUT2D eigenvalue weighted by molar-refractivity contribution is -0.134. The van der Waals surface area contributed by atoms with Gasteiger partial charge in [0.1, 0.15) is 48.0 Å². The summed E-state index contributed by atoms with van der Waals surface area (Å²) in [6.45, 7) is 9.98. The molecule has 15 heteroatoms. The molecule has 15 nitrogen and oxygen atoms in total. The molecule has 6 heterocycles. The second-order valence-corrected chi connectivity index (χ2v) is 17.5. The van der Waals surface area contributed by atoms with Gasteiger partial charge in [-0.3, -0.25) is 9.69 Å². The first-order valence-corrected chi connectivity index (χ1v) is 20.8. The third-order valence-corrected chi connectivity index (χ3v) is 11.9. The molecule has 61 heavy (non-hydrogen) atoms. The van der Waals surface area contributed by atoms with Gasteiger partial charge in [-0.15, -0.1) is 0 Å². The zero-order chi connectivity index (χ0) is 42.6. The highest BCUT2D eigenvalue weighted by molar-refractivity contribution is 5.89. The molecule has 4 aliphatic heterocycles. The summed E-state index contributed by atoms with van der Waals surface area (Å²) < 4.78 is 29.0. The lowest BCUT2D eigenvalue weighted by atomic mass is 9.87. The fourth-order valence-corrected chi connectivity index (χ4v) is 9.18. The topological polar surface area (TPSA) is 173 Å². The van der Waals surface area contributed by atoms with Gasteiger partial charge in [-0.2, -0.15) is 0 Å². The zero-order valence-corrected chi connectivity index (χ0v) is 35.2. The number of nitrogens with one attached hydrogen (secondary N) is 3. The highest BCUT2D eigenvalue weighted by Gasteiger charge is 2.42. The minimum absolute atomic E-state index is 0.161. The van der Waals surface area contributed by atoms with E-state index < -0.39 is 17.7 Å². The minimum atomic E-state index is -0.911. The van der Waals surface area contributed by atoms with Gasteiger partial charge in [0.2, 0.25) is 0 Å². The number of benzene rings is 3. The van der Waals surface area contributed by atoms with Gasteiger partial charge in [0, 0.05) is 59.5 Å². The Hall–Kier alpha value is -6.35. The molecule has 2 saturated heterocycles. The van der Waals surface area contributed by atoms with Gasteiger partial charge in [-0.1, -0.05) is 37.3 Å². The van der Waals surface area contributed by atoms with Crippen LogP contribution < -0.4 is 14.8 Å². The van der Waals surface area contributed by atoms with E-state index in [2.05, 4.69) is 34.3 Å². The molecular weight excluding hydrogens is 779 g/mol. The number of hydrogen-bond acceptors (Lipinski definition) is 10. The summed E-state index contributed by atoms with van der Waals surface area (Å²) in [4.78, 5) is 59.9. The Morgan fingerprint density at radius 2 is 1.43 bits per heavy atom. The summed E-state index contributed by atoms with van der Waals surface area (Å²) in [7, 11) is 2.96. The number of ether oxygens (including phenoxy) is 5. The fraction of sp³-hybridized carbons (Fsp3) is 0.413. The standard InChI is InChI=1S/C46H51N7O8/c1-25-12-34(52(20-25)43(54)40(51-44(55)58-6)27-10-8-7-9-11-27)41-47-18-32(49-41)28-14-30-23-60-37-17-29(15-31-24-59-36(16-28)38(30)39(31)37)33-19-48-42(50-33)35-13-26(22-57-5)21-53(35)45(56)61-46(2,3)4/h7-11,14-19,25-26,34-35,40H,12-13,20-24H2,1-6H3,(H,47,49)(H,48,50)(H,51,55)/t25-,26-,34-,35?,40+/m0/s1. The maximum atomic E-state index is 14.2. The number of rotatable bonds is 9. The van der Waals surface area contributed by atoms with E-state index in [-0.39, 0.29) is 35.9 Å². The number of carbonyl (C=O) groups excluding carboxylic acids is 3. The normalized spacial score (nSPS) is 20.7. The van der Waals surface area contributed by atoms with Crippen molar-refractivity contribution in [3.8, 4) is 45.1 Å². The van der Waals surface area contributed by atoms with E-state index in [0.29, 0.717) is 63.0 Å². The van der Waals surface area contributed by atoms with Gasteiger partial charge in [-0.05, 0) is 69.4 Å². The van der Waals surface area contributed by atoms with E-state index in [1.807, 2.05) is 63.2 Å². The van der Waals surface area contributed by atoms with E-state index in [9.17, 15) is 14.4 Å². The number of aromatic nitrogens is 4. The second-order valence-electron chi connectivity index (χ2n) is 17.5. The molecule has 0 saturated carbocycles. The van der Waals surface area contributed by atoms with E-state index in [0.717, 1.165) is 56.3 Å². The van der Waals surface area contributed by atoms with Crippen molar-refractivity contribution < 1.29 is 38.1 Å². The molecular formula is C46H51N7O8. The second kappa shape index (κ2) is 15.9. The number of hydrogen-bond donors (Lipinski definition) is 3. The van der Waals surface area contributed by atoms with Crippen molar-refractivity contribution in [1.29, 1.82) is 0 Å². The number of alkyl carbamates (subject to hydrolysis) is 1. The van der Waals surface area contributed by atoms with Crippen LogP contribution in [0.15, 0.2) is 67.0 Å². The predicted octanol–water partition coefficient (Wildman–Crippen LogP) is 7.87. The van der Waals surface area contributed by atoms with Crippen molar-refractivity contribution in [3.05, 3.63) is 95.3 Å². The zero-order valence-electron chi connectivity index (χ0n) is 35.2. The Morgan fingerprint density at radius 1 is 0.836 bits per heavy atom. The highest BCUT2D eigenvalue weighted by atomic mass is 16.6. The summed E-state index contributed by atoms with van der Waals surface area (Å²) >= 11 is 0. The van der Waals surface area contributed by atoms with Crippen molar-refractivity contribution in [2.24, 2.45) is 11.8 Å². The molecule has 3 amide bonds. The molecule has 0 spiro atoms. The van der Waals surface area contributed by atoms with Crippen molar-refractivity contribution >= 4 is 18.1 Å². The number of amides is 3. The van der Waals surface area contributed by atoms with E-state index in [4.69, 9.17) is 33.7 Å². The number of imidazole rings is 2. The van der Waals surface area contributed by atoms with Crippen LogP contribution in [0.25, 0.3) is 33.6 Å². The Kier molecular flexibility index (Phi) is 10.5. The van der Waals surface area contributed by atoms with Gasteiger partial charge in [0.15, 0.2) is 0 Å². The Morgan fingerprint density at radius 3 is 1.98 bits per heavy atom. The van der Waals surface area contributed by atoms with Gasteiger partial charge in [-0.25, -0.2) is 19.6 Å². The lowest BCUT2D eigenvalue weighted by Crippen LogP contribution is -2.43. The van der Waals surface area contributed by atoms with Crippen LogP contribution in [-0.2, 0) is 32.2 Å². The Labute approximate surface area is 354 Å². The van der Waals surface area contributed by atoms with Crippen LogP contribution in [0.2, 0.25) is 0 Å². The maximum absolute atomic E-state index is 14.2. The van der Waals surface area contributed by atoms with Crippen molar-refractivity contribution in [3.63, 3.8) is 0 Å². The molecule has 3 aromatic carbocycles. The summed E-state index contributed by atoms with van der Waals surface area (Å²) in [5.74, 6) is 3.04. The highest BCUT2D eigenvalue weighted by Crippen LogP contribution is 2.51. The van der Waals surface area contributed by atoms with Crippen LogP contribution >= 0.6 is 0 Å². The smallest absolute Gasteiger partial charge is 0.410 e. The average Bonchev–Trinajstić information content (AvgIpc) is 4.08. The molecule has 5 atom stereocenters. The van der Waals surface area contributed by atoms with Gasteiger partial charge >= 0.3 is 12.2 Å². The maximum Gasteiger partial charge on any atom is 0.410 e. The Balaban J connectivity index is 0.961. The lowest BCUT2D eigenvalue weighted by Gasteiger charge is -2.30. The summed E-state index contributed by atoms with van der Waals surface area (Å²) in [6.07, 6.45) is 3.97. The van der Waals surface area contributed by atoms with E-state index in [1.165, 1.54) is 7.11 Å². The van der Waals surface area contributed by atoms with Gasteiger partial charge < -0.3 is 43.9 Å². The van der Waals surface area contributed by atoms with Gasteiger partial charge in [0.05, 0.1) is 49.6 Å². The van der Waals surface area contributed by atoms with Crippen LogP contribution in [0.1, 0.15) is 87.0 Å². The molecule has 0 radical (unpaired) electrons. The third kappa shape index (κ3) is 7.78. The quantitative estimate of drug-likeness (QED) is 0.133. The fourth-order valence-electron chi connectivity index (χ4n) is 9.18. The number of methoxy groups -OCH3 is 2. The molecule has 1 unspecified atom stereocenters.